The number of carbonyl (C=O) groups excluding carboxylic acids is 2. The van der Waals surface area contributed by atoms with Gasteiger partial charge in [-0.15, -0.1) is 0 Å². The normalized spacial score (nSPS) is 19.9. The van der Waals surface area contributed by atoms with E-state index in [-0.39, 0.29) is 30.1 Å². The number of rotatable bonds is 4. The maximum atomic E-state index is 13.3. The van der Waals surface area contributed by atoms with E-state index in [4.69, 9.17) is 11.6 Å². The van der Waals surface area contributed by atoms with E-state index in [0.717, 1.165) is 5.56 Å². The highest BCUT2D eigenvalue weighted by molar-refractivity contribution is 6.28. The van der Waals surface area contributed by atoms with Crippen LogP contribution in [0.4, 0.5) is 11.9 Å². The van der Waals surface area contributed by atoms with Gasteiger partial charge in [0.25, 0.3) is 0 Å². The van der Waals surface area contributed by atoms with Gasteiger partial charge in [0.1, 0.15) is 18.6 Å². The highest BCUT2D eigenvalue weighted by Crippen LogP contribution is 2.13. The molecule has 2 bridgehead atoms. The number of fused-ring (bicyclic) bond motifs is 2. The minimum atomic E-state index is -1.14. The minimum absolute atomic E-state index is 0.0469. The average molecular weight is 462 g/mol. The molecule has 11 nitrogen and oxygen atoms in total. The van der Waals surface area contributed by atoms with Crippen molar-refractivity contribution in [1.82, 2.24) is 25.2 Å². The Hall–Kier alpha value is -3.47. The van der Waals surface area contributed by atoms with Crippen molar-refractivity contribution in [2.45, 2.75) is 31.8 Å². The first-order valence-electron chi connectivity index (χ1n) is 10.1. The van der Waals surface area contributed by atoms with Gasteiger partial charge in [0, 0.05) is 19.5 Å². The number of carboxylic acid groups (broad SMARTS) is 1. The largest absolute Gasteiger partial charge is 0.480 e. The lowest BCUT2D eigenvalue weighted by Gasteiger charge is -2.28. The van der Waals surface area contributed by atoms with Gasteiger partial charge in [0.2, 0.25) is 29.0 Å². The van der Waals surface area contributed by atoms with Crippen LogP contribution in [-0.2, 0) is 20.8 Å². The van der Waals surface area contributed by atoms with Crippen LogP contribution < -0.4 is 16.0 Å². The zero-order chi connectivity index (χ0) is 23.1. The molecule has 2 heterocycles. The van der Waals surface area contributed by atoms with E-state index in [1.807, 2.05) is 30.3 Å². The molecule has 1 aliphatic rings. The van der Waals surface area contributed by atoms with Gasteiger partial charge in [0.15, 0.2) is 0 Å². The van der Waals surface area contributed by atoms with E-state index in [2.05, 4.69) is 30.9 Å². The molecule has 0 saturated carbocycles. The molecule has 2 unspecified atom stereocenters. The second-order valence-electron chi connectivity index (χ2n) is 7.30. The Morgan fingerprint density at radius 3 is 2.59 bits per heavy atom. The van der Waals surface area contributed by atoms with Gasteiger partial charge in [-0.1, -0.05) is 30.3 Å². The number of nitrogens with zero attached hydrogens (tertiary/aromatic N) is 4. The molecule has 32 heavy (non-hydrogen) atoms. The monoisotopic (exact) mass is 461 g/mol. The molecule has 170 valence electrons. The third kappa shape index (κ3) is 6.51. The molecular formula is C20H24ClN7O4. The lowest BCUT2D eigenvalue weighted by molar-refractivity contribution is -0.145. The van der Waals surface area contributed by atoms with Gasteiger partial charge in [-0.05, 0) is 30.5 Å². The average Bonchev–Trinajstić information content (AvgIpc) is 2.74. The molecule has 2 aromatic rings. The Morgan fingerprint density at radius 2 is 1.88 bits per heavy atom. The predicted octanol–water partition coefficient (Wildman–Crippen LogP) is 0.782. The number of aliphatic carboxylic acids is 1. The second kappa shape index (κ2) is 10.7. The number of nitrogens with one attached hydrogen (secondary N) is 3. The first-order chi connectivity index (χ1) is 15.3. The molecule has 1 aliphatic heterocycles. The first-order valence-corrected chi connectivity index (χ1v) is 10.5. The third-order valence-corrected chi connectivity index (χ3v) is 4.94. The van der Waals surface area contributed by atoms with E-state index >= 15 is 0 Å². The van der Waals surface area contributed by atoms with Crippen LogP contribution in [0.5, 0.6) is 0 Å². The summed E-state index contributed by atoms with van der Waals surface area (Å²) >= 11 is 5.95. The van der Waals surface area contributed by atoms with Crippen molar-refractivity contribution in [3.8, 4) is 0 Å². The number of hydrogen-bond acceptors (Lipinski definition) is 8. The fraction of sp³-hybridized carbons (Fsp3) is 0.400. The number of halogens is 1. The standard InChI is InChI=1S/C20H24ClN7O4/c1-12-16(31)24-14(10-13-6-3-2-4-7-13)17(32)28(11-15(29)30)9-5-8-22-19-25-18(21)26-20(23-12)27-19/h2-4,6-7,12,14H,5,8-11H2,1H3,(H,24,31)(H,29,30)(H2,22,23,25,26,27). The molecule has 1 aromatic heterocycles. The summed E-state index contributed by atoms with van der Waals surface area (Å²) < 4.78 is 0. The molecule has 0 spiro atoms. The molecular weight excluding hydrogens is 438 g/mol. The summed E-state index contributed by atoms with van der Waals surface area (Å²) in [6.45, 7) is 1.65. The zero-order valence-corrected chi connectivity index (χ0v) is 18.2. The van der Waals surface area contributed by atoms with E-state index in [0.29, 0.717) is 13.0 Å². The SMILES string of the molecule is CC1Nc2nc(Cl)nc(n2)NCCCN(CC(=O)O)C(=O)C(Cc2ccccc2)NC1=O. The Labute approximate surface area is 189 Å². The Bertz CT molecular complexity index is 976. The molecule has 2 amide bonds. The summed E-state index contributed by atoms with van der Waals surface area (Å²) in [4.78, 5) is 50.9. The fourth-order valence-corrected chi connectivity index (χ4v) is 3.38. The van der Waals surface area contributed by atoms with Crippen LogP contribution in [0.2, 0.25) is 5.28 Å². The molecule has 3 rings (SSSR count). The smallest absolute Gasteiger partial charge is 0.323 e. The van der Waals surface area contributed by atoms with Crippen LogP contribution in [0, 0.1) is 0 Å². The van der Waals surface area contributed by atoms with E-state index in [1.165, 1.54) is 4.90 Å². The van der Waals surface area contributed by atoms with Crippen molar-refractivity contribution >= 4 is 41.3 Å². The summed E-state index contributed by atoms with van der Waals surface area (Å²) in [5.74, 6) is -1.76. The molecule has 0 fully saturated rings. The van der Waals surface area contributed by atoms with Gasteiger partial charge >= 0.3 is 5.97 Å². The summed E-state index contributed by atoms with van der Waals surface area (Å²) in [5.41, 5.74) is 0.832. The third-order valence-electron chi connectivity index (χ3n) is 4.77. The number of benzene rings is 1. The number of aromatic nitrogens is 3. The molecule has 0 aliphatic carbocycles. The summed E-state index contributed by atoms with van der Waals surface area (Å²) in [5, 5.41) is 17.8. The van der Waals surface area contributed by atoms with Crippen LogP contribution in [0.3, 0.4) is 0 Å². The Kier molecular flexibility index (Phi) is 7.77. The molecule has 0 radical (unpaired) electrons. The number of amides is 2. The van der Waals surface area contributed by atoms with Crippen LogP contribution in [0.1, 0.15) is 18.9 Å². The molecule has 4 N–H and O–H groups in total. The number of hydrogen-bond donors (Lipinski definition) is 4. The van der Waals surface area contributed by atoms with Gasteiger partial charge in [-0.2, -0.15) is 15.0 Å². The van der Waals surface area contributed by atoms with Crippen molar-refractivity contribution in [2.75, 3.05) is 30.3 Å². The van der Waals surface area contributed by atoms with Gasteiger partial charge in [0.05, 0.1) is 0 Å². The number of carboxylic acids is 1. The van der Waals surface area contributed by atoms with Crippen molar-refractivity contribution in [2.24, 2.45) is 0 Å². The van der Waals surface area contributed by atoms with Crippen molar-refractivity contribution in [3.05, 3.63) is 41.2 Å². The van der Waals surface area contributed by atoms with E-state index in [9.17, 15) is 19.5 Å². The summed E-state index contributed by atoms with van der Waals surface area (Å²) in [7, 11) is 0. The highest BCUT2D eigenvalue weighted by atomic mass is 35.5. The number of anilines is 2. The summed E-state index contributed by atoms with van der Waals surface area (Å²) in [6, 6.07) is 7.44. The van der Waals surface area contributed by atoms with Crippen LogP contribution in [0.25, 0.3) is 0 Å². The van der Waals surface area contributed by atoms with Crippen molar-refractivity contribution < 1.29 is 19.5 Å². The van der Waals surface area contributed by atoms with E-state index in [1.54, 1.807) is 6.92 Å². The van der Waals surface area contributed by atoms with Crippen LogP contribution >= 0.6 is 11.6 Å². The maximum absolute atomic E-state index is 13.3. The molecule has 2 atom stereocenters. The molecule has 12 heteroatoms. The Balaban J connectivity index is 1.90. The van der Waals surface area contributed by atoms with Crippen LogP contribution in [-0.4, -0.2) is 74.5 Å². The minimum Gasteiger partial charge on any atom is -0.480 e. The lowest BCUT2D eigenvalue weighted by atomic mass is 10.0. The molecule has 1 aromatic carbocycles. The van der Waals surface area contributed by atoms with Gasteiger partial charge in [-0.25, -0.2) is 0 Å². The fourth-order valence-electron chi connectivity index (χ4n) is 3.22. The van der Waals surface area contributed by atoms with Crippen molar-refractivity contribution in [1.29, 1.82) is 0 Å². The lowest BCUT2D eigenvalue weighted by Crippen LogP contribution is -2.54. The zero-order valence-electron chi connectivity index (χ0n) is 17.4. The van der Waals surface area contributed by atoms with E-state index < -0.39 is 36.4 Å². The summed E-state index contributed by atoms with van der Waals surface area (Å²) in [6.07, 6.45) is 0.641. The van der Waals surface area contributed by atoms with Gasteiger partial charge in [-0.3, -0.25) is 14.4 Å². The van der Waals surface area contributed by atoms with Gasteiger partial charge < -0.3 is 26.0 Å². The van der Waals surface area contributed by atoms with Crippen LogP contribution in [0.15, 0.2) is 30.3 Å². The first kappa shape index (κ1) is 23.2. The second-order valence-corrected chi connectivity index (χ2v) is 7.64. The quantitative estimate of drug-likeness (QED) is 0.518. The Morgan fingerprint density at radius 1 is 1.16 bits per heavy atom. The topological polar surface area (TPSA) is 149 Å². The molecule has 0 saturated heterocycles. The predicted molar refractivity (Wildman–Crippen MR) is 117 cm³/mol. The number of carbonyl (C=O) groups is 3. The van der Waals surface area contributed by atoms with Crippen molar-refractivity contribution in [3.63, 3.8) is 0 Å². The highest BCUT2D eigenvalue weighted by Gasteiger charge is 2.29. The maximum Gasteiger partial charge on any atom is 0.323 e.